The smallest absolute Gasteiger partial charge is 0.227 e. The quantitative estimate of drug-likeness (QED) is 0.867. The van der Waals surface area contributed by atoms with Crippen LogP contribution >= 0.6 is 0 Å². The maximum Gasteiger partial charge on any atom is 0.227 e. The van der Waals surface area contributed by atoms with E-state index in [1.165, 1.54) is 25.7 Å². The summed E-state index contributed by atoms with van der Waals surface area (Å²) in [5, 5.41) is 14.2. The molecule has 6 heteroatoms. The Labute approximate surface area is 112 Å². The molecule has 6 nitrogen and oxygen atoms in total. The molecule has 1 N–H and O–H groups in total. The lowest BCUT2D eigenvalue weighted by Gasteiger charge is -2.28. The molecule has 104 valence electrons. The van der Waals surface area contributed by atoms with Crippen molar-refractivity contribution in [1.29, 1.82) is 0 Å². The zero-order valence-corrected chi connectivity index (χ0v) is 11.5. The van der Waals surface area contributed by atoms with Crippen molar-refractivity contribution < 1.29 is 4.79 Å². The second-order valence-electron chi connectivity index (χ2n) is 6.09. The van der Waals surface area contributed by atoms with Gasteiger partial charge in [0.2, 0.25) is 5.91 Å². The fourth-order valence-electron chi connectivity index (χ4n) is 3.86. The molecule has 2 fully saturated rings. The average Bonchev–Trinajstić information content (AvgIpc) is 3.06. The van der Waals surface area contributed by atoms with E-state index in [2.05, 4.69) is 27.8 Å². The van der Waals surface area contributed by atoms with Crippen LogP contribution in [0.2, 0.25) is 0 Å². The molecule has 1 aromatic heterocycles. The Bertz CT molecular complexity index is 471. The second kappa shape index (κ2) is 4.90. The number of carbonyl (C=O) groups excluding carboxylic acids is 1. The van der Waals surface area contributed by atoms with Crippen LogP contribution in [-0.2, 0) is 18.3 Å². The maximum atomic E-state index is 12.0. The molecule has 2 bridgehead atoms. The molecule has 0 spiro atoms. The standard InChI is InChI=1S/C13H21N5O/c1-8(11-6-9-3-4-10(11)5-9)14-13(19)7-12-15-16-17-18(12)2/h8-11H,3-7H2,1-2H3,(H,14,19). The van der Waals surface area contributed by atoms with E-state index in [1.807, 2.05) is 0 Å². The number of nitrogens with one attached hydrogen (secondary N) is 1. The minimum atomic E-state index is 0.0215. The molecular formula is C13H21N5O. The third-order valence-electron chi connectivity index (χ3n) is 4.85. The summed E-state index contributed by atoms with van der Waals surface area (Å²) in [5.74, 6) is 3.04. The van der Waals surface area contributed by atoms with Crippen LogP contribution in [0.3, 0.4) is 0 Å². The Hall–Kier alpha value is -1.46. The number of aryl methyl sites for hydroxylation is 1. The van der Waals surface area contributed by atoms with Crippen molar-refractivity contribution in [2.75, 3.05) is 0 Å². The Morgan fingerprint density at radius 2 is 2.32 bits per heavy atom. The Kier molecular flexibility index (Phi) is 3.24. The van der Waals surface area contributed by atoms with Crippen LogP contribution in [0.5, 0.6) is 0 Å². The molecule has 0 radical (unpaired) electrons. The van der Waals surface area contributed by atoms with E-state index in [0.717, 1.165) is 11.8 Å². The number of hydrogen-bond donors (Lipinski definition) is 1. The number of rotatable bonds is 4. The number of nitrogens with zero attached hydrogens (tertiary/aromatic N) is 4. The molecule has 2 aliphatic carbocycles. The third-order valence-corrected chi connectivity index (χ3v) is 4.85. The third kappa shape index (κ3) is 2.48. The molecule has 2 saturated carbocycles. The predicted octanol–water partition coefficient (Wildman–Crippen LogP) is 0.693. The number of fused-ring (bicyclic) bond motifs is 2. The number of amides is 1. The molecular weight excluding hydrogens is 242 g/mol. The number of aromatic nitrogens is 4. The molecule has 0 saturated heterocycles. The van der Waals surface area contributed by atoms with Crippen molar-refractivity contribution >= 4 is 5.91 Å². The van der Waals surface area contributed by atoms with Crippen LogP contribution < -0.4 is 5.32 Å². The highest BCUT2D eigenvalue weighted by atomic mass is 16.1. The van der Waals surface area contributed by atoms with Gasteiger partial charge in [0.15, 0.2) is 5.82 Å². The van der Waals surface area contributed by atoms with Gasteiger partial charge in [0.25, 0.3) is 0 Å². The van der Waals surface area contributed by atoms with E-state index < -0.39 is 0 Å². The van der Waals surface area contributed by atoms with Gasteiger partial charge in [-0.05, 0) is 54.4 Å². The van der Waals surface area contributed by atoms with E-state index in [0.29, 0.717) is 11.7 Å². The van der Waals surface area contributed by atoms with Crippen molar-refractivity contribution in [1.82, 2.24) is 25.5 Å². The van der Waals surface area contributed by atoms with Crippen molar-refractivity contribution in [3.8, 4) is 0 Å². The summed E-state index contributed by atoms with van der Waals surface area (Å²) in [6.45, 7) is 2.14. The second-order valence-corrected chi connectivity index (χ2v) is 6.09. The van der Waals surface area contributed by atoms with E-state index in [4.69, 9.17) is 0 Å². The monoisotopic (exact) mass is 263 g/mol. The van der Waals surface area contributed by atoms with E-state index in [1.54, 1.807) is 11.7 Å². The van der Waals surface area contributed by atoms with Gasteiger partial charge in [-0.1, -0.05) is 6.42 Å². The highest BCUT2D eigenvalue weighted by Gasteiger charge is 2.42. The molecule has 1 aromatic rings. The summed E-state index contributed by atoms with van der Waals surface area (Å²) in [7, 11) is 1.75. The Morgan fingerprint density at radius 3 is 2.89 bits per heavy atom. The molecule has 2 aliphatic rings. The molecule has 1 amide bonds. The first kappa shape index (κ1) is 12.6. The lowest BCUT2D eigenvalue weighted by molar-refractivity contribution is -0.121. The molecule has 4 unspecified atom stereocenters. The summed E-state index contributed by atoms with van der Waals surface area (Å²) in [4.78, 5) is 12.0. The van der Waals surface area contributed by atoms with E-state index in [-0.39, 0.29) is 18.4 Å². The summed E-state index contributed by atoms with van der Waals surface area (Å²) in [5.41, 5.74) is 0. The SMILES string of the molecule is CC(NC(=O)Cc1nnnn1C)C1CC2CCC1C2. The summed E-state index contributed by atoms with van der Waals surface area (Å²) in [6, 6.07) is 0.268. The van der Waals surface area contributed by atoms with Crippen LogP contribution in [0, 0.1) is 17.8 Å². The Balaban J connectivity index is 1.53. The largest absolute Gasteiger partial charge is 0.353 e. The van der Waals surface area contributed by atoms with Gasteiger partial charge in [0, 0.05) is 13.1 Å². The van der Waals surface area contributed by atoms with Gasteiger partial charge in [-0.2, -0.15) is 0 Å². The number of carbonyl (C=O) groups is 1. The fourth-order valence-corrected chi connectivity index (χ4v) is 3.86. The van der Waals surface area contributed by atoms with Crippen LogP contribution in [-0.4, -0.2) is 32.2 Å². The normalized spacial score (nSPS) is 30.5. The van der Waals surface area contributed by atoms with Crippen LogP contribution in [0.15, 0.2) is 0 Å². The van der Waals surface area contributed by atoms with Crippen LogP contribution in [0.1, 0.15) is 38.4 Å². The first-order chi connectivity index (χ1) is 9.13. The molecule has 19 heavy (non-hydrogen) atoms. The van der Waals surface area contributed by atoms with Crippen molar-refractivity contribution in [3.05, 3.63) is 5.82 Å². The topological polar surface area (TPSA) is 72.7 Å². The summed E-state index contributed by atoms with van der Waals surface area (Å²) in [6.07, 6.45) is 5.67. The van der Waals surface area contributed by atoms with Gasteiger partial charge in [-0.25, -0.2) is 4.68 Å². The van der Waals surface area contributed by atoms with Gasteiger partial charge >= 0.3 is 0 Å². The van der Waals surface area contributed by atoms with Crippen LogP contribution in [0.4, 0.5) is 0 Å². The lowest BCUT2D eigenvalue weighted by Crippen LogP contribution is -2.41. The number of tetrazole rings is 1. The Morgan fingerprint density at radius 1 is 1.47 bits per heavy atom. The minimum Gasteiger partial charge on any atom is -0.353 e. The molecule has 1 heterocycles. The van der Waals surface area contributed by atoms with Crippen LogP contribution in [0.25, 0.3) is 0 Å². The van der Waals surface area contributed by atoms with Gasteiger partial charge in [0.1, 0.15) is 0 Å². The number of hydrogen-bond acceptors (Lipinski definition) is 4. The maximum absolute atomic E-state index is 12.0. The first-order valence-electron chi connectivity index (χ1n) is 7.14. The highest BCUT2D eigenvalue weighted by molar-refractivity contribution is 5.78. The van der Waals surface area contributed by atoms with Crippen molar-refractivity contribution in [2.24, 2.45) is 24.8 Å². The van der Waals surface area contributed by atoms with Gasteiger partial charge in [-0.3, -0.25) is 4.79 Å². The average molecular weight is 263 g/mol. The van der Waals surface area contributed by atoms with Crippen molar-refractivity contribution in [3.63, 3.8) is 0 Å². The molecule has 0 aliphatic heterocycles. The van der Waals surface area contributed by atoms with E-state index in [9.17, 15) is 4.79 Å². The lowest BCUT2D eigenvalue weighted by atomic mass is 9.84. The zero-order chi connectivity index (χ0) is 13.4. The van der Waals surface area contributed by atoms with Crippen molar-refractivity contribution in [2.45, 2.75) is 45.1 Å². The first-order valence-corrected chi connectivity index (χ1v) is 7.14. The zero-order valence-electron chi connectivity index (χ0n) is 11.5. The fraction of sp³-hybridized carbons (Fsp3) is 0.846. The summed E-state index contributed by atoms with van der Waals surface area (Å²) < 4.78 is 1.54. The van der Waals surface area contributed by atoms with Gasteiger partial charge < -0.3 is 5.32 Å². The summed E-state index contributed by atoms with van der Waals surface area (Å²) >= 11 is 0. The van der Waals surface area contributed by atoms with E-state index >= 15 is 0 Å². The minimum absolute atomic E-state index is 0.0215. The molecule has 0 aromatic carbocycles. The van der Waals surface area contributed by atoms with Gasteiger partial charge in [-0.15, -0.1) is 5.10 Å². The molecule has 4 atom stereocenters. The predicted molar refractivity (Wildman–Crippen MR) is 69.0 cm³/mol. The highest BCUT2D eigenvalue weighted by Crippen LogP contribution is 2.49. The molecule has 3 rings (SSSR count). The van der Waals surface area contributed by atoms with Gasteiger partial charge in [0.05, 0.1) is 6.42 Å².